The van der Waals surface area contributed by atoms with E-state index in [9.17, 15) is 0 Å². The molecule has 0 amide bonds. The van der Waals surface area contributed by atoms with Crippen LogP contribution in [0.4, 0.5) is 5.82 Å². The molecule has 1 aromatic rings. The van der Waals surface area contributed by atoms with Crippen LogP contribution in [0.15, 0.2) is 18.3 Å². The zero-order valence-corrected chi connectivity index (χ0v) is 11.2. The first-order valence-electron chi connectivity index (χ1n) is 5.97. The third-order valence-electron chi connectivity index (χ3n) is 2.83. The van der Waals surface area contributed by atoms with Gasteiger partial charge in [0, 0.05) is 13.1 Å². The second-order valence-corrected chi connectivity index (χ2v) is 4.94. The zero-order valence-electron chi connectivity index (χ0n) is 11.2. The third-order valence-corrected chi connectivity index (χ3v) is 2.83. The molecule has 0 aromatic carbocycles. The molecule has 0 fully saturated rings. The predicted octanol–water partition coefficient (Wildman–Crippen LogP) is 1.90. The SMILES string of the molecule is CCN(CC(C)(C)CN)c1ccc(OC)cn1. The van der Waals surface area contributed by atoms with Crippen LogP contribution in [-0.4, -0.2) is 31.7 Å². The second kappa shape index (κ2) is 5.87. The summed E-state index contributed by atoms with van der Waals surface area (Å²) in [5.74, 6) is 1.75. The van der Waals surface area contributed by atoms with E-state index in [1.807, 2.05) is 12.1 Å². The average molecular weight is 237 g/mol. The first-order valence-corrected chi connectivity index (χ1v) is 5.97. The van der Waals surface area contributed by atoms with E-state index in [-0.39, 0.29) is 5.41 Å². The van der Waals surface area contributed by atoms with Crippen LogP contribution >= 0.6 is 0 Å². The number of methoxy groups -OCH3 is 1. The fourth-order valence-electron chi connectivity index (χ4n) is 1.62. The third kappa shape index (κ3) is 3.89. The quantitative estimate of drug-likeness (QED) is 0.821. The van der Waals surface area contributed by atoms with E-state index in [4.69, 9.17) is 10.5 Å². The number of nitrogens with zero attached hydrogens (tertiary/aromatic N) is 2. The molecule has 4 nitrogen and oxygen atoms in total. The van der Waals surface area contributed by atoms with E-state index in [1.165, 1.54) is 0 Å². The molecular formula is C13H23N3O. The van der Waals surface area contributed by atoms with Gasteiger partial charge in [-0.15, -0.1) is 0 Å². The van der Waals surface area contributed by atoms with Crippen molar-refractivity contribution in [1.82, 2.24) is 4.98 Å². The highest BCUT2D eigenvalue weighted by atomic mass is 16.5. The Morgan fingerprint density at radius 3 is 2.53 bits per heavy atom. The minimum Gasteiger partial charge on any atom is -0.495 e. The Hall–Kier alpha value is -1.29. The van der Waals surface area contributed by atoms with Crippen molar-refractivity contribution in [2.24, 2.45) is 11.1 Å². The van der Waals surface area contributed by atoms with Gasteiger partial charge in [0.05, 0.1) is 13.3 Å². The van der Waals surface area contributed by atoms with Gasteiger partial charge in [-0.1, -0.05) is 13.8 Å². The maximum atomic E-state index is 5.77. The Kier molecular flexibility index (Phi) is 4.75. The molecule has 96 valence electrons. The fourth-order valence-corrected chi connectivity index (χ4v) is 1.62. The largest absolute Gasteiger partial charge is 0.495 e. The highest BCUT2D eigenvalue weighted by Crippen LogP contribution is 2.21. The lowest BCUT2D eigenvalue weighted by atomic mass is 9.93. The summed E-state index contributed by atoms with van der Waals surface area (Å²) in [6, 6.07) is 3.91. The van der Waals surface area contributed by atoms with Crippen molar-refractivity contribution in [3.63, 3.8) is 0 Å². The summed E-state index contributed by atoms with van der Waals surface area (Å²) in [6.07, 6.45) is 1.74. The molecule has 17 heavy (non-hydrogen) atoms. The maximum absolute atomic E-state index is 5.77. The molecule has 0 atom stereocenters. The lowest BCUT2D eigenvalue weighted by molar-refractivity contribution is 0.378. The molecule has 0 saturated carbocycles. The Morgan fingerprint density at radius 1 is 1.41 bits per heavy atom. The zero-order chi connectivity index (χ0) is 12.9. The molecule has 0 aliphatic heterocycles. The molecule has 0 spiro atoms. The number of anilines is 1. The number of nitrogens with two attached hydrogens (primary N) is 1. The van der Waals surface area contributed by atoms with E-state index < -0.39 is 0 Å². The van der Waals surface area contributed by atoms with Crippen LogP contribution in [0, 0.1) is 5.41 Å². The van der Waals surface area contributed by atoms with Gasteiger partial charge in [-0.3, -0.25) is 0 Å². The van der Waals surface area contributed by atoms with E-state index in [2.05, 4.69) is 30.7 Å². The molecule has 4 heteroatoms. The number of hydrogen-bond donors (Lipinski definition) is 1. The molecule has 1 heterocycles. The van der Waals surface area contributed by atoms with E-state index in [0.29, 0.717) is 6.54 Å². The number of pyridine rings is 1. The van der Waals surface area contributed by atoms with Gasteiger partial charge in [0.1, 0.15) is 11.6 Å². The van der Waals surface area contributed by atoms with Crippen molar-refractivity contribution in [2.45, 2.75) is 20.8 Å². The first-order chi connectivity index (χ1) is 8.02. The number of aromatic nitrogens is 1. The van der Waals surface area contributed by atoms with Crippen molar-refractivity contribution >= 4 is 5.82 Å². The van der Waals surface area contributed by atoms with E-state index in [1.54, 1.807) is 13.3 Å². The summed E-state index contributed by atoms with van der Waals surface area (Å²) in [5.41, 5.74) is 5.86. The summed E-state index contributed by atoms with van der Waals surface area (Å²) in [4.78, 5) is 6.63. The van der Waals surface area contributed by atoms with Gasteiger partial charge in [0.15, 0.2) is 0 Å². The van der Waals surface area contributed by atoms with Gasteiger partial charge in [-0.2, -0.15) is 0 Å². The van der Waals surface area contributed by atoms with Crippen LogP contribution in [0.3, 0.4) is 0 Å². The molecule has 1 aromatic heterocycles. The number of ether oxygens (including phenoxy) is 1. The lowest BCUT2D eigenvalue weighted by Crippen LogP contribution is -2.39. The van der Waals surface area contributed by atoms with Crippen LogP contribution in [0.5, 0.6) is 5.75 Å². The fraction of sp³-hybridized carbons (Fsp3) is 0.615. The lowest BCUT2D eigenvalue weighted by Gasteiger charge is -2.31. The van der Waals surface area contributed by atoms with Crippen molar-refractivity contribution in [3.8, 4) is 5.75 Å². The summed E-state index contributed by atoms with van der Waals surface area (Å²) in [6.45, 7) is 8.94. The highest BCUT2D eigenvalue weighted by molar-refractivity contribution is 5.40. The van der Waals surface area contributed by atoms with Gasteiger partial charge >= 0.3 is 0 Å². The summed E-state index contributed by atoms with van der Waals surface area (Å²) in [5, 5.41) is 0. The van der Waals surface area contributed by atoms with Crippen LogP contribution < -0.4 is 15.4 Å². The van der Waals surface area contributed by atoms with E-state index in [0.717, 1.165) is 24.7 Å². The minimum atomic E-state index is 0.0949. The number of rotatable bonds is 6. The highest BCUT2D eigenvalue weighted by Gasteiger charge is 2.20. The van der Waals surface area contributed by atoms with Crippen LogP contribution in [0.1, 0.15) is 20.8 Å². The van der Waals surface area contributed by atoms with Gasteiger partial charge in [-0.05, 0) is 31.0 Å². The molecule has 0 aliphatic carbocycles. The molecule has 0 bridgehead atoms. The first kappa shape index (κ1) is 13.8. The second-order valence-electron chi connectivity index (χ2n) is 4.94. The van der Waals surface area contributed by atoms with Crippen molar-refractivity contribution in [3.05, 3.63) is 18.3 Å². The topological polar surface area (TPSA) is 51.4 Å². The molecule has 2 N–H and O–H groups in total. The summed E-state index contributed by atoms with van der Waals surface area (Å²) < 4.78 is 5.10. The van der Waals surface area contributed by atoms with E-state index >= 15 is 0 Å². The molecular weight excluding hydrogens is 214 g/mol. The van der Waals surface area contributed by atoms with Gasteiger partial charge in [0.2, 0.25) is 0 Å². The van der Waals surface area contributed by atoms with Gasteiger partial charge in [-0.25, -0.2) is 4.98 Å². The van der Waals surface area contributed by atoms with Gasteiger partial charge in [0.25, 0.3) is 0 Å². The van der Waals surface area contributed by atoms with Crippen molar-refractivity contribution in [1.29, 1.82) is 0 Å². The normalized spacial score (nSPS) is 11.4. The smallest absolute Gasteiger partial charge is 0.137 e. The van der Waals surface area contributed by atoms with Crippen LogP contribution in [-0.2, 0) is 0 Å². The number of hydrogen-bond acceptors (Lipinski definition) is 4. The molecule has 1 rings (SSSR count). The average Bonchev–Trinajstić information content (AvgIpc) is 2.36. The Morgan fingerprint density at radius 2 is 2.12 bits per heavy atom. The van der Waals surface area contributed by atoms with Crippen molar-refractivity contribution < 1.29 is 4.74 Å². The summed E-state index contributed by atoms with van der Waals surface area (Å²) >= 11 is 0. The Bertz CT molecular complexity index is 335. The monoisotopic (exact) mass is 237 g/mol. The maximum Gasteiger partial charge on any atom is 0.137 e. The minimum absolute atomic E-state index is 0.0949. The molecule has 0 saturated heterocycles. The Balaban J connectivity index is 2.79. The van der Waals surface area contributed by atoms with Crippen molar-refractivity contribution in [2.75, 3.05) is 31.6 Å². The molecule has 0 aliphatic rings. The Labute approximate surface area is 104 Å². The van der Waals surface area contributed by atoms with Gasteiger partial charge < -0.3 is 15.4 Å². The molecule has 0 radical (unpaired) electrons. The summed E-state index contributed by atoms with van der Waals surface area (Å²) in [7, 11) is 1.64. The molecule has 0 unspecified atom stereocenters. The predicted molar refractivity (Wildman–Crippen MR) is 71.5 cm³/mol. The van der Waals surface area contributed by atoms with Crippen LogP contribution in [0.2, 0.25) is 0 Å². The van der Waals surface area contributed by atoms with Crippen LogP contribution in [0.25, 0.3) is 0 Å². The standard InChI is InChI=1S/C13H23N3O/c1-5-16(10-13(2,3)9-14)12-7-6-11(17-4)8-15-12/h6-8H,5,9-10,14H2,1-4H3.